The van der Waals surface area contributed by atoms with Gasteiger partial charge in [-0.1, -0.05) is 13.0 Å². The van der Waals surface area contributed by atoms with E-state index in [2.05, 4.69) is 36.9 Å². The minimum Gasteiger partial charge on any atom is -0.444 e. The van der Waals surface area contributed by atoms with Crippen LogP contribution in [0.5, 0.6) is 0 Å². The van der Waals surface area contributed by atoms with Gasteiger partial charge in [-0.25, -0.2) is 4.79 Å². The quantitative estimate of drug-likeness (QED) is 0.818. The van der Waals surface area contributed by atoms with Gasteiger partial charge < -0.3 is 14.5 Å². The average molecular weight is 330 g/mol. The molecule has 0 aromatic heterocycles. The molecule has 0 spiro atoms. The molecular formula is C20H30N2O2. The maximum absolute atomic E-state index is 12.2. The molecule has 0 N–H and O–H groups in total. The van der Waals surface area contributed by atoms with Crippen LogP contribution in [0.4, 0.5) is 10.5 Å². The Hall–Kier alpha value is -1.71. The number of ether oxygens (including phenoxy) is 1. The summed E-state index contributed by atoms with van der Waals surface area (Å²) in [5.41, 5.74) is 4.14. The molecule has 3 rings (SSSR count). The molecule has 1 saturated heterocycles. The predicted octanol–water partition coefficient (Wildman–Crippen LogP) is 4.10. The second-order valence-electron chi connectivity index (χ2n) is 8.51. The summed E-state index contributed by atoms with van der Waals surface area (Å²) in [6.45, 7) is 13.4. The summed E-state index contributed by atoms with van der Waals surface area (Å²) in [6, 6.07) is 6.86. The zero-order valence-corrected chi connectivity index (χ0v) is 15.7. The van der Waals surface area contributed by atoms with Crippen molar-refractivity contribution >= 4 is 11.8 Å². The van der Waals surface area contributed by atoms with Gasteiger partial charge in [0.25, 0.3) is 0 Å². The number of amides is 1. The molecule has 1 amide bonds. The average Bonchev–Trinajstić information content (AvgIpc) is 3.24. The first-order valence-corrected chi connectivity index (χ1v) is 9.02. The highest BCUT2D eigenvalue weighted by Crippen LogP contribution is 2.49. The highest BCUT2D eigenvalue weighted by molar-refractivity contribution is 5.68. The van der Waals surface area contributed by atoms with Crippen LogP contribution in [0.1, 0.15) is 51.7 Å². The molecule has 1 aliphatic heterocycles. The van der Waals surface area contributed by atoms with Gasteiger partial charge in [-0.15, -0.1) is 0 Å². The summed E-state index contributed by atoms with van der Waals surface area (Å²) in [4.78, 5) is 16.3. The van der Waals surface area contributed by atoms with Crippen molar-refractivity contribution in [1.82, 2.24) is 4.90 Å². The minimum absolute atomic E-state index is 0.199. The molecule has 24 heavy (non-hydrogen) atoms. The highest BCUT2D eigenvalue weighted by Gasteiger charge is 2.40. The highest BCUT2D eigenvalue weighted by atomic mass is 16.6. The van der Waals surface area contributed by atoms with Gasteiger partial charge in [0.15, 0.2) is 0 Å². The molecule has 1 aromatic carbocycles. The maximum atomic E-state index is 12.2. The first-order chi connectivity index (χ1) is 11.2. The Kier molecular flexibility index (Phi) is 4.27. The van der Waals surface area contributed by atoms with Gasteiger partial charge >= 0.3 is 6.09 Å². The van der Waals surface area contributed by atoms with E-state index in [0.717, 1.165) is 13.1 Å². The Morgan fingerprint density at radius 1 is 1.12 bits per heavy atom. The molecule has 2 fully saturated rings. The minimum atomic E-state index is -0.430. The number of hydrogen-bond donors (Lipinski definition) is 0. The molecule has 1 saturated carbocycles. The molecule has 1 aliphatic carbocycles. The maximum Gasteiger partial charge on any atom is 0.410 e. The van der Waals surface area contributed by atoms with Crippen LogP contribution in [0.25, 0.3) is 0 Å². The molecule has 0 bridgehead atoms. The fraction of sp³-hybridized carbons (Fsp3) is 0.650. The third-order valence-electron chi connectivity index (χ3n) is 5.16. The van der Waals surface area contributed by atoms with Crippen LogP contribution in [0.2, 0.25) is 0 Å². The largest absolute Gasteiger partial charge is 0.444 e. The normalized spacial score (nSPS) is 20.0. The number of carbonyl (C=O) groups excluding carboxylic acids is 1. The first kappa shape index (κ1) is 17.1. The SMILES string of the molecule is Cc1cc(N2CCN(C(=O)OC(C)(C)C)CC2)ccc1C1(C)CC1. The number of hydrogen-bond acceptors (Lipinski definition) is 3. The summed E-state index contributed by atoms with van der Waals surface area (Å²) >= 11 is 0. The topological polar surface area (TPSA) is 32.8 Å². The lowest BCUT2D eigenvalue weighted by Gasteiger charge is -2.37. The van der Waals surface area contributed by atoms with Crippen LogP contribution in [-0.4, -0.2) is 42.8 Å². The Bertz CT molecular complexity index is 621. The van der Waals surface area contributed by atoms with E-state index in [1.807, 2.05) is 25.7 Å². The Morgan fingerprint density at radius 2 is 1.75 bits per heavy atom. The van der Waals surface area contributed by atoms with Gasteiger partial charge in [0.1, 0.15) is 5.60 Å². The van der Waals surface area contributed by atoms with Crippen LogP contribution in [0.3, 0.4) is 0 Å². The Balaban J connectivity index is 1.61. The van der Waals surface area contributed by atoms with Crippen molar-refractivity contribution in [2.45, 2.75) is 58.5 Å². The zero-order chi connectivity index (χ0) is 17.5. The number of carbonyl (C=O) groups is 1. The van der Waals surface area contributed by atoms with Crippen LogP contribution in [0, 0.1) is 6.92 Å². The van der Waals surface area contributed by atoms with Gasteiger partial charge in [0.2, 0.25) is 0 Å². The summed E-state index contributed by atoms with van der Waals surface area (Å²) in [6.07, 6.45) is 2.42. The smallest absolute Gasteiger partial charge is 0.410 e. The first-order valence-electron chi connectivity index (χ1n) is 9.02. The fourth-order valence-electron chi connectivity index (χ4n) is 3.45. The van der Waals surface area contributed by atoms with E-state index in [4.69, 9.17) is 4.74 Å². The van der Waals surface area contributed by atoms with Crippen molar-refractivity contribution in [3.05, 3.63) is 29.3 Å². The van der Waals surface area contributed by atoms with Gasteiger partial charge in [-0.2, -0.15) is 0 Å². The van der Waals surface area contributed by atoms with E-state index >= 15 is 0 Å². The van der Waals surface area contributed by atoms with Crippen molar-refractivity contribution in [3.63, 3.8) is 0 Å². The standard InChI is InChI=1S/C20H30N2O2/c1-15-14-16(6-7-17(15)20(5)8-9-20)21-10-12-22(13-11-21)18(23)24-19(2,3)4/h6-7,14H,8-13H2,1-5H3. The summed E-state index contributed by atoms with van der Waals surface area (Å²) in [5.74, 6) is 0. The summed E-state index contributed by atoms with van der Waals surface area (Å²) in [5, 5.41) is 0. The van der Waals surface area contributed by atoms with E-state index in [1.54, 1.807) is 0 Å². The van der Waals surface area contributed by atoms with Crippen LogP contribution in [-0.2, 0) is 10.2 Å². The van der Waals surface area contributed by atoms with Crippen molar-refractivity contribution in [2.75, 3.05) is 31.1 Å². The van der Waals surface area contributed by atoms with E-state index < -0.39 is 5.60 Å². The fourth-order valence-corrected chi connectivity index (χ4v) is 3.45. The summed E-state index contributed by atoms with van der Waals surface area (Å²) in [7, 11) is 0. The van der Waals surface area contributed by atoms with Crippen molar-refractivity contribution < 1.29 is 9.53 Å². The van der Waals surface area contributed by atoms with E-state index in [1.165, 1.54) is 29.7 Å². The lowest BCUT2D eigenvalue weighted by molar-refractivity contribution is 0.0240. The Morgan fingerprint density at radius 3 is 2.25 bits per heavy atom. The molecule has 0 atom stereocenters. The second kappa shape index (κ2) is 5.98. The van der Waals surface area contributed by atoms with E-state index in [0.29, 0.717) is 18.5 Å². The number of piperazine rings is 1. The molecule has 4 nitrogen and oxygen atoms in total. The number of rotatable bonds is 2. The summed E-state index contributed by atoms with van der Waals surface area (Å²) < 4.78 is 5.47. The third-order valence-corrected chi connectivity index (χ3v) is 5.16. The van der Waals surface area contributed by atoms with Crippen molar-refractivity contribution in [3.8, 4) is 0 Å². The predicted molar refractivity (Wildman–Crippen MR) is 97.8 cm³/mol. The molecular weight excluding hydrogens is 300 g/mol. The molecule has 1 aromatic rings. The van der Waals surface area contributed by atoms with E-state index in [9.17, 15) is 4.79 Å². The monoisotopic (exact) mass is 330 g/mol. The molecule has 132 valence electrons. The van der Waals surface area contributed by atoms with Crippen LogP contribution in [0.15, 0.2) is 18.2 Å². The molecule has 4 heteroatoms. The van der Waals surface area contributed by atoms with Crippen molar-refractivity contribution in [1.29, 1.82) is 0 Å². The molecule has 0 unspecified atom stereocenters. The zero-order valence-electron chi connectivity index (χ0n) is 15.7. The number of anilines is 1. The lowest BCUT2D eigenvalue weighted by Crippen LogP contribution is -2.50. The van der Waals surface area contributed by atoms with E-state index in [-0.39, 0.29) is 6.09 Å². The van der Waals surface area contributed by atoms with Crippen LogP contribution < -0.4 is 4.90 Å². The van der Waals surface area contributed by atoms with Crippen LogP contribution >= 0.6 is 0 Å². The third kappa shape index (κ3) is 3.68. The number of benzene rings is 1. The Labute approximate surface area is 145 Å². The second-order valence-corrected chi connectivity index (χ2v) is 8.51. The van der Waals surface area contributed by atoms with Crippen molar-refractivity contribution in [2.24, 2.45) is 0 Å². The molecule has 0 radical (unpaired) electrons. The van der Waals surface area contributed by atoms with Gasteiger partial charge in [0.05, 0.1) is 0 Å². The molecule has 2 aliphatic rings. The van der Waals surface area contributed by atoms with Gasteiger partial charge in [-0.3, -0.25) is 0 Å². The molecule has 1 heterocycles. The van der Waals surface area contributed by atoms with Gasteiger partial charge in [0, 0.05) is 31.9 Å². The van der Waals surface area contributed by atoms with Gasteiger partial charge in [-0.05, 0) is 69.2 Å². The number of nitrogens with zero attached hydrogens (tertiary/aromatic N) is 2. The number of aryl methyl sites for hydroxylation is 1. The lowest BCUT2D eigenvalue weighted by atomic mass is 9.93.